The molecule has 0 N–H and O–H groups in total. The summed E-state index contributed by atoms with van der Waals surface area (Å²) in [6, 6.07) is 3.70. The fraction of sp³-hybridized carbons (Fsp3) is 0.333. The largest absolute Gasteiger partial charge is 0.511 e. The fourth-order valence-corrected chi connectivity index (χ4v) is 0.310. The molecule has 0 spiro atoms. The van der Waals surface area contributed by atoms with Crippen LogP contribution in [0, 0.1) is 34.0 Å². The smallest absolute Gasteiger partial charge is 0.438 e. The summed E-state index contributed by atoms with van der Waals surface area (Å²) in [5.74, 6) is 0. The summed E-state index contributed by atoms with van der Waals surface area (Å²) in [4.78, 5) is 10.4. The second kappa shape index (κ2) is 3.80. The molecule has 6 nitrogen and oxygen atoms in total. The second-order valence-electron chi connectivity index (χ2n) is 1.57. The second-order valence-corrected chi connectivity index (χ2v) is 1.57. The summed E-state index contributed by atoms with van der Waals surface area (Å²) in [6.07, 6.45) is -1.25. The molecule has 0 radical (unpaired) electrons. The third-order valence-electron chi connectivity index (χ3n) is 0.875. The first-order valence-electron chi connectivity index (χ1n) is 2.65. The van der Waals surface area contributed by atoms with Crippen LogP contribution in [0.1, 0.15) is 0 Å². The summed E-state index contributed by atoms with van der Waals surface area (Å²) in [6.45, 7) is 0. The van der Waals surface area contributed by atoms with Crippen molar-refractivity contribution >= 4 is 6.16 Å². The molecule has 0 saturated carbocycles. The fourth-order valence-electron chi connectivity index (χ4n) is 0.310. The molecule has 12 heavy (non-hydrogen) atoms. The molecular formula is C6H3N3O3. The van der Waals surface area contributed by atoms with Gasteiger partial charge in [0.2, 0.25) is 0 Å². The van der Waals surface area contributed by atoms with E-state index in [-0.39, 0.29) is 0 Å². The average molecular weight is 165 g/mol. The molecule has 0 atom stereocenters. The maximum atomic E-state index is 10.4. The Bertz CT molecular complexity index is 267. The highest BCUT2D eigenvalue weighted by Gasteiger charge is 2.35. The van der Waals surface area contributed by atoms with Gasteiger partial charge in [0.1, 0.15) is 18.2 Å². The lowest BCUT2D eigenvalue weighted by atomic mass is 10.1. The van der Waals surface area contributed by atoms with Gasteiger partial charge in [0, 0.05) is 0 Å². The number of rotatable bonds is 1. The third-order valence-corrected chi connectivity index (χ3v) is 0.875. The number of methoxy groups -OCH3 is 1. The number of ether oxygens (including phenoxy) is 2. The molecule has 0 aliphatic rings. The highest BCUT2D eigenvalue weighted by atomic mass is 16.7. The van der Waals surface area contributed by atoms with Crippen LogP contribution < -0.4 is 0 Å². The van der Waals surface area contributed by atoms with Crippen LogP contribution in [0.15, 0.2) is 0 Å². The summed E-state index contributed by atoms with van der Waals surface area (Å²) >= 11 is 0. The van der Waals surface area contributed by atoms with Crippen LogP contribution >= 0.6 is 0 Å². The molecule has 0 rings (SSSR count). The van der Waals surface area contributed by atoms with E-state index in [2.05, 4.69) is 9.47 Å². The van der Waals surface area contributed by atoms with E-state index in [0.717, 1.165) is 7.11 Å². The predicted octanol–water partition coefficient (Wildman–Crippen LogP) is 0.0789. The Kier molecular flexibility index (Phi) is 3.08. The van der Waals surface area contributed by atoms with Crippen molar-refractivity contribution in [3.63, 3.8) is 0 Å². The lowest BCUT2D eigenvalue weighted by molar-refractivity contribution is 0.0487. The standard InChI is InChI=1S/C6H3N3O3/c1-11-5(10)12-6(2-7,3-8)4-9/h1H3. The Morgan fingerprint density at radius 1 is 1.25 bits per heavy atom. The molecule has 0 aromatic rings. The molecule has 0 fully saturated rings. The van der Waals surface area contributed by atoms with E-state index < -0.39 is 11.8 Å². The molecular weight excluding hydrogens is 162 g/mol. The maximum absolute atomic E-state index is 10.4. The Hall–Kier alpha value is -2.26. The van der Waals surface area contributed by atoms with E-state index in [9.17, 15) is 4.79 Å². The van der Waals surface area contributed by atoms with Crippen LogP contribution in [0.2, 0.25) is 0 Å². The molecule has 60 valence electrons. The van der Waals surface area contributed by atoms with E-state index in [4.69, 9.17) is 15.8 Å². The number of carbonyl (C=O) groups is 1. The van der Waals surface area contributed by atoms with Crippen LogP contribution in [-0.2, 0) is 9.47 Å². The normalized spacial score (nSPS) is 8.50. The van der Waals surface area contributed by atoms with Gasteiger partial charge in [-0.15, -0.1) is 0 Å². The lowest BCUT2D eigenvalue weighted by Crippen LogP contribution is -2.29. The van der Waals surface area contributed by atoms with Crippen LogP contribution in [0.3, 0.4) is 0 Å². The first-order valence-corrected chi connectivity index (χ1v) is 2.65. The minimum absolute atomic E-state index is 0.999. The van der Waals surface area contributed by atoms with Gasteiger partial charge < -0.3 is 9.47 Å². The van der Waals surface area contributed by atoms with Crippen LogP contribution in [0.25, 0.3) is 0 Å². The minimum atomic E-state index is -2.41. The number of hydrogen-bond acceptors (Lipinski definition) is 6. The van der Waals surface area contributed by atoms with E-state index in [1.165, 1.54) is 18.2 Å². The molecule has 0 heterocycles. The Labute approximate surface area is 68.1 Å². The van der Waals surface area contributed by atoms with Crippen molar-refractivity contribution in [2.45, 2.75) is 5.60 Å². The number of nitrogens with zero attached hydrogens (tertiary/aromatic N) is 3. The third kappa shape index (κ3) is 1.86. The van der Waals surface area contributed by atoms with Gasteiger partial charge in [0.05, 0.1) is 7.11 Å². The molecule has 0 aromatic heterocycles. The van der Waals surface area contributed by atoms with Crippen molar-refractivity contribution in [3.05, 3.63) is 0 Å². The predicted molar refractivity (Wildman–Crippen MR) is 33.1 cm³/mol. The first-order chi connectivity index (χ1) is 5.64. The lowest BCUT2D eigenvalue weighted by Gasteiger charge is -2.08. The van der Waals surface area contributed by atoms with Crippen molar-refractivity contribution in [1.82, 2.24) is 0 Å². The average Bonchev–Trinajstić information content (AvgIpc) is 2.14. The quantitative estimate of drug-likeness (QED) is 0.509. The van der Waals surface area contributed by atoms with E-state index in [0.29, 0.717) is 0 Å². The molecule has 0 bridgehead atoms. The van der Waals surface area contributed by atoms with Gasteiger partial charge in [-0.2, -0.15) is 15.8 Å². The summed E-state index contributed by atoms with van der Waals surface area (Å²) < 4.78 is 8.09. The number of hydrogen-bond donors (Lipinski definition) is 0. The number of carbonyl (C=O) groups excluding carboxylic acids is 1. The van der Waals surface area contributed by atoms with Crippen LogP contribution in [-0.4, -0.2) is 18.9 Å². The van der Waals surface area contributed by atoms with Gasteiger partial charge in [-0.3, -0.25) is 0 Å². The summed E-state index contributed by atoms with van der Waals surface area (Å²) in [5, 5.41) is 24.9. The van der Waals surface area contributed by atoms with Crippen LogP contribution in [0.5, 0.6) is 0 Å². The zero-order chi connectivity index (χ0) is 9.61. The molecule has 0 aliphatic heterocycles. The molecule has 0 aromatic carbocycles. The Morgan fingerprint density at radius 3 is 1.92 bits per heavy atom. The molecule has 0 aliphatic carbocycles. The Morgan fingerprint density at radius 2 is 1.67 bits per heavy atom. The topological polar surface area (TPSA) is 107 Å². The SMILES string of the molecule is COC(=O)OC(C#N)(C#N)C#N. The van der Waals surface area contributed by atoms with Crippen molar-refractivity contribution < 1.29 is 14.3 Å². The minimum Gasteiger partial charge on any atom is -0.438 e. The first kappa shape index (κ1) is 9.74. The van der Waals surface area contributed by atoms with Crippen molar-refractivity contribution in [2.75, 3.05) is 7.11 Å². The molecule has 0 unspecified atom stereocenters. The number of nitriles is 3. The summed E-state index contributed by atoms with van der Waals surface area (Å²) in [5.41, 5.74) is -2.41. The van der Waals surface area contributed by atoms with Crippen molar-refractivity contribution in [2.24, 2.45) is 0 Å². The highest BCUT2D eigenvalue weighted by Crippen LogP contribution is 2.07. The Balaban J connectivity index is 4.62. The van der Waals surface area contributed by atoms with Crippen LogP contribution in [0.4, 0.5) is 4.79 Å². The maximum Gasteiger partial charge on any atom is 0.511 e. The summed E-state index contributed by atoms with van der Waals surface area (Å²) in [7, 11) is 0.999. The van der Waals surface area contributed by atoms with Crippen molar-refractivity contribution in [1.29, 1.82) is 15.8 Å². The van der Waals surface area contributed by atoms with Gasteiger partial charge in [-0.25, -0.2) is 4.79 Å². The van der Waals surface area contributed by atoms with Gasteiger partial charge >= 0.3 is 11.8 Å². The molecule has 0 amide bonds. The van der Waals surface area contributed by atoms with E-state index in [1.54, 1.807) is 0 Å². The molecule has 6 heteroatoms. The monoisotopic (exact) mass is 165 g/mol. The highest BCUT2D eigenvalue weighted by molar-refractivity contribution is 5.62. The van der Waals surface area contributed by atoms with Gasteiger partial charge in [0.15, 0.2) is 0 Å². The van der Waals surface area contributed by atoms with Crippen molar-refractivity contribution in [3.8, 4) is 18.2 Å². The van der Waals surface area contributed by atoms with E-state index in [1.807, 2.05) is 0 Å². The van der Waals surface area contributed by atoms with Gasteiger partial charge in [-0.1, -0.05) is 0 Å². The van der Waals surface area contributed by atoms with Gasteiger partial charge in [0.25, 0.3) is 0 Å². The van der Waals surface area contributed by atoms with E-state index >= 15 is 0 Å². The zero-order valence-electron chi connectivity index (χ0n) is 6.07. The molecule has 0 saturated heterocycles. The van der Waals surface area contributed by atoms with Gasteiger partial charge in [-0.05, 0) is 0 Å². The zero-order valence-corrected chi connectivity index (χ0v) is 6.07.